The summed E-state index contributed by atoms with van der Waals surface area (Å²) in [6, 6.07) is 3.52. The maximum atomic E-state index is 13.4. The third-order valence-corrected chi connectivity index (χ3v) is 3.75. The molecule has 1 amide bonds. The van der Waals surface area contributed by atoms with Crippen molar-refractivity contribution in [3.63, 3.8) is 0 Å². The third kappa shape index (κ3) is 2.68. The van der Waals surface area contributed by atoms with E-state index in [2.05, 4.69) is 12.2 Å². The standard InChI is InChI=1S/C15H20F2N2O/c1-4-5-9(2)19-14(18-10(3)15(19)20)11-6-7-12(16)13(17)8-11/h6-10,14,18H,4-5H2,1-3H3. The van der Waals surface area contributed by atoms with E-state index >= 15 is 0 Å². The molecule has 5 heteroatoms. The van der Waals surface area contributed by atoms with Gasteiger partial charge in [-0.1, -0.05) is 19.4 Å². The zero-order valence-electron chi connectivity index (χ0n) is 12.0. The predicted molar refractivity (Wildman–Crippen MR) is 72.9 cm³/mol. The first kappa shape index (κ1) is 14.9. The SMILES string of the molecule is CCCC(C)N1C(=O)C(C)NC1c1ccc(F)c(F)c1. The van der Waals surface area contributed by atoms with Gasteiger partial charge in [0.1, 0.15) is 6.17 Å². The Labute approximate surface area is 118 Å². The molecule has 1 aliphatic heterocycles. The van der Waals surface area contributed by atoms with Crippen LogP contribution < -0.4 is 5.32 Å². The van der Waals surface area contributed by atoms with E-state index in [0.29, 0.717) is 5.56 Å². The van der Waals surface area contributed by atoms with Crippen molar-refractivity contribution in [3.05, 3.63) is 35.4 Å². The number of amides is 1. The van der Waals surface area contributed by atoms with Crippen LogP contribution in [0, 0.1) is 11.6 Å². The van der Waals surface area contributed by atoms with Gasteiger partial charge in [-0.2, -0.15) is 0 Å². The molecule has 0 bridgehead atoms. The van der Waals surface area contributed by atoms with Gasteiger partial charge in [0.25, 0.3) is 0 Å². The number of hydrogen-bond acceptors (Lipinski definition) is 2. The average molecular weight is 282 g/mol. The minimum Gasteiger partial charge on any atom is -0.319 e. The van der Waals surface area contributed by atoms with E-state index in [1.54, 1.807) is 11.8 Å². The number of rotatable bonds is 4. The summed E-state index contributed by atoms with van der Waals surface area (Å²) in [7, 11) is 0. The number of halogens is 2. The maximum Gasteiger partial charge on any atom is 0.241 e. The Hall–Kier alpha value is -1.49. The van der Waals surface area contributed by atoms with E-state index in [1.165, 1.54) is 6.07 Å². The lowest BCUT2D eigenvalue weighted by Crippen LogP contribution is -2.38. The van der Waals surface area contributed by atoms with Crippen LogP contribution in [-0.4, -0.2) is 22.9 Å². The summed E-state index contributed by atoms with van der Waals surface area (Å²) in [5, 5.41) is 3.14. The summed E-state index contributed by atoms with van der Waals surface area (Å²) in [6.45, 7) is 5.82. The highest BCUT2D eigenvalue weighted by Crippen LogP contribution is 2.29. The number of carbonyl (C=O) groups is 1. The lowest BCUT2D eigenvalue weighted by Gasteiger charge is -2.30. The first-order valence-electron chi connectivity index (χ1n) is 6.98. The molecular weight excluding hydrogens is 262 g/mol. The summed E-state index contributed by atoms with van der Waals surface area (Å²) in [4.78, 5) is 14.0. The van der Waals surface area contributed by atoms with Crippen molar-refractivity contribution in [2.75, 3.05) is 0 Å². The van der Waals surface area contributed by atoms with Gasteiger partial charge >= 0.3 is 0 Å². The molecule has 0 radical (unpaired) electrons. The predicted octanol–water partition coefficient (Wildman–Crippen LogP) is 2.97. The van der Waals surface area contributed by atoms with Crippen LogP contribution in [-0.2, 0) is 4.79 Å². The number of nitrogens with one attached hydrogen (secondary N) is 1. The Morgan fingerprint density at radius 2 is 2.05 bits per heavy atom. The lowest BCUT2D eigenvalue weighted by molar-refractivity contribution is -0.131. The minimum absolute atomic E-state index is 0.000633. The Kier molecular flexibility index (Phi) is 4.38. The normalized spacial score (nSPS) is 24.2. The van der Waals surface area contributed by atoms with E-state index in [0.717, 1.165) is 25.0 Å². The van der Waals surface area contributed by atoms with E-state index in [4.69, 9.17) is 0 Å². The maximum absolute atomic E-state index is 13.4. The van der Waals surface area contributed by atoms with Gasteiger partial charge in [-0.25, -0.2) is 8.78 Å². The summed E-state index contributed by atoms with van der Waals surface area (Å²) < 4.78 is 26.4. The molecule has 1 N–H and O–H groups in total. The molecule has 1 heterocycles. The van der Waals surface area contributed by atoms with Crippen molar-refractivity contribution in [3.8, 4) is 0 Å². The molecule has 0 aromatic heterocycles. The van der Waals surface area contributed by atoms with Gasteiger partial charge in [0, 0.05) is 6.04 Å². The van der Waals surface area contributed by atoms with Gasteiger partial charge < -0.3 is 4.90 Å². The van der Waals surface area contributed by atoms with Crippen LogP contribution in [0.4, 0.5) is 8.78 Å². The van der Waals surface area contributed by atoms with Gasteiger partial charge in [-0.3, -0.25) is 10.1 Å². The zero-order valence-corrected chi connectivity index (χ0v) is 12.0. The number of benzene rings is 1. The summed E-state index contributed by atoms with van der Waals surface area (Å²) in [5.74, 6) is -1.76. The molecule has 3 nitrogen and oxygen atoms in total. The lowest BCUT2D eigenvalue weighted by atomic mass is 10.1. The summed E-state index contributed by atoms with van der Waals surface area (Å²) in [5.41, 5.74) is 0.574. The Morgan fingerprint density at radius 3 is 2.65 bits per heavy atom. The fraction of sp³-hybridized carbons (Fsp3) is 0.533. The highest BCUT2D eigenvalue weighted by molar-refractivity contribution is 5.84. The molecule has 0 spiro atoms. The molecule has 1 aromatic rings. The molecule has 1 fully saturated rings. The number of nitrogens with zero attached hydrogens (tertiary/aromatic N) is 1. The van der Waals surface area contributed by atoms with Gasteiger partial charge in [-0.05, 0) is 38.0 Å². The molecule has 1 saturated heterocycles. The van der Waals surface area contributed by atoms with Crippen molar-refractivity contribution in [2.24, 2.45) is 0 Å². The van der Waals surface area contributed by atoms with Crippen molar-refractivity contribution >= 4 is 5.91 Å². The average Bonchev–Trinajstić information content (AvgIpc) is 2.69. The van der Waals surface area contributed by atoms with Crippen LogP contribution in [0.2, 0.25) is 0 Å². The van der Waals surface area contributed by atoms with E-state index < -0.39 is 17.8 Å². The fourth-order valence-corrected chi connectivity index (χ4v) is 2.71. The second-order valence-electron chi connectivity index (χ2n) is 5.35. The van der Waals surface area contributed by atoms with Crippen molar-refractivity contribution < 1.29 is 13.6 Å². The fourth-order valence-electron chi connectivity index (χ4n) is 2.71. The van der Waals surface area contributed by atoms with Crippen molar-refractivity contribution in [1.29, 1.82) is 0 Å². The van der Waals surface area contributed by atoms with E-state index in [9.17, 15) is 13.6 Å². The number of carbonyl (C=O) groups excluding carboxylic acids is 1. The van der Waals surface area contributed by atoms with Gasteiger partial charge in [0.2, 0.25) is 5.91 Å². The third-order valence-electron chi connectivity index (χ3n) is 3.75. The Bertz CT molecular complexity index is 507. The first-order chi connectivity index (χ1) is 9.45. The van der Waals surface area contributed by atoms with Crippen LogP contribution in [0.15, 0.2) is 18.2 Å². The van der Waals surface area contributed by atoms with Crippen LogP contribution >= 0.6 is 0 Å². The molecule has 1 aromatic carbocycles. The number of hydrogen-bond donors (Lipinski definition) is 1. The zero-order chi connectivity index (χ0) is 14.9. The van der Waals surface area contributed by atoms with Crippen LogP contribution in [0.1, 0.15) is 45.3 Å². The molecule has 0 aliphatic carbocycles. The largest absolute Gasteiger partial charge is 0.319 e. The molecule has 110 valence electrons. The topological polar surface area (TPSA) is 32.3 Å². The second kappa shape index (κ2) is 5.87. The van der Waals surface area contributed by atoms with Crippen LogP contribution in [0.3, 0.4) is 0 Å². The molecule has 2 rings (SSSR count). The molecule has 3 atom stereocenters. The van der Waals surface area contributed by atoms with Crippen molar-refractivity contribution in [1.82, 2.24) is 10.2 Å². The van der Waals surface area contributed by atoms with Gasteiger partial charge in [-0.15, -0.1) is 0 Å². The van der Waals surface area contributed by atoms with Gasteiger partial charge in [0.05, 0.1) is 6.04 Å². The Morgan fingerprint density at radius 1 is 1.35 bits per heavy atom. The van der Waals surface area contributed by atoms with E-state index in [-0.39, 0.29) is 18.0 Å². The molecular formula is C15H20F2N2O. The Balaban J connectivity index is 2.32. The molecule has 20 heavy (non-hydrogen) atoms. The van der Waals surface area contributed by atoms with E-state index in [1.807, 2.05) is 6.92 Å². The van der Waals surface area contributed by atoms with Crippen molar-refractivity contribution in [2.45, 2.75) is 51.9 Å². The summed E-state index contributed by atoms with van der Waals surface area (Å²) >= 11 is 0. The van der Waals surface area contributed by atoms with Crippen LogP contribution in [0.5, 0.6) is 0 Å². The van der Waals surface area contributed by atoms with Gasteiger partial charge in [0.15, 0.2) is 11.6 Å². The minimum atomic E-state index is -0.889. The monoisotopic (exact) mass is 282 g/mol. The highest BCUT2D eigenvalue weighted by atomic mass is 19.2. The quantitative estimate of drug-likeness (QED) is 0.921. The van der Waals surface area contributed by atoms with Crippen LogP contribution in [0.25, 0.3) is 0 Å². The molecule has 3 unspecified atom stereocenters. The smallest absolute Gasteiger partial charge is 0.241 e. The molecule has 0 saturated carbocycles. The second-order valence-corrected chi connectivity index (χ2v) is 5.35. The highest BCUT2D eigenvalue weighted by Gasteiger charge is 2.39. The first-order valence-corrected chi connectivity index (χ1v) is 6.98. The molecule has 1 aliphatic rings. The summed E-state index contributed by atoms with van der Waals surface area (Å²) in [6.07, 6.45) is 1.44.